The van der Waals surface area contributed by atoms with E-state index in [2.05, 4.69) is 0 Å². The van der Waals surface area contributed by atoms with Gasteiger partial charge in [0, 0.05) is 23.5 Å². The highest BCUT2D eigenvalue weighted by atomic mass is 16.6. The van der Waals surface area contributed by atoms with Crippen molar-refractivity contribution in [1.29, 1.82) is 0 Å². The minimum Gasteiger partial charge on any atom is -0.465 e. The van der Waals surface area contributed by atoms with Crippen molar-refractivity contribution in [2.24, 2.45) is 5.41 Å². The van der Waals surface area contributed by atoms with Gasteiger partial charge in [-0.15, -0.1) is 0 Å². The summed E-state index contributed by atoms with van der Waals surface area (Å²) in [7, 11) is 1.29. The fourth-order valence-electron chi connectivity index (χ4n) is 5.08. The molecule has 1 aromatic rings. The minimum atomic E-state index is -1.71. The second-order valence-corrected chi connectivity index (χ2v) is 9.31. The van der Waals surface area contributed by atoms with E-state index < -0.39 is 34.7 Å². The number of esters is 2. The Bertz CT molecular complexity index is 872. The Morgan fingerprint density at radius 1 is 1.24 bits per heavy atom. The molecular weight excluding hydrogens is 376 g/mol. The molecule has 1 aliphatic heterocycles. The van der Waals surface area contributed by atoms with Crippen molar-refractivity contribution in [3.05, 3.63) is 22.8 Å². The van der Waals surface area contributed by atoms with Crippen LogP contribution in [-0.4, -0.2) is 41.2 Å². The second-order valence-electron chi connectivity index (χ2n) is 9.31. The van der Waals surface area contributed by atoms with Crippen LogP contribution in [0.1, 0.15) is 81.8 Å². The van der Waals surface area contributed by atoms with Gasteiger partial charge in [0.2, 0.25) is 5.79 Å². The molecule has 7 nitrogen and oxygen atoms in total. The number of carbonyl (C=O) groups excluding carboxylic acids is 2. The third kappa shape index (κ3) is 2.94. The zero-order valence-corrected chi connectivity index (χ0v) is 18.1. The van der Waals surface area contributed by atoms with Crippen LogP contribution in [0.25, 0.3) is 0 Å². The van der Waals surface area contributed by atoms with Crippen LogP contribution in [0.3, 0.4) is 0 Å². The molecule has 1 fully saturated rings. The number of ether oxygens (including phenoxy) is 3. The molecule has 0 unspecified atom stereocenters. The maximum absolute atomic E-state index is 12.7. The molecule has 1 aliphatic carbocycles. The summed E-state index contributed by atoms with van der Waals surface area (Å²) in [4.78, 5) is 24.6. The monoisotopic (exact) mass is 406 g/mol. The van der Waals surface area contributed by atoms with E-state index >= 15 is 0 Å². The largest absolute Gasteiger partial charge is 0.465 e. The quantitative estimate of drug-likeness (QED) is 0.587. The molecule has 2 N–H and O–H groups in total. The Morgan fingerprint density at radius 2 is 1.86 bits per heavy atom. The summed E-state index contributed by atoms with van der Waals surface area (Å²) in [5, 5.41) is 22.4. The number of aliphatic hydroxyl groups excluding tert-OH is 1. The number of rotatable bonds is 3. The fourth-order valence-corrected chi connectivity index (χ4v) is 5.08. The predicted octanol–water partition coefficient (Wildman–Crippen LogP) is 3.04. The van der Waals surface area contributed by atoms with Gasteiger partial charge in [-0.2, -0.15) is 0 Å². The molecule has 1 saturated carbocycles. The number of benzene rings is 1. The summed E-state index contributed by atoms with van der Waals surface area (Å²) < 4.78 is 16.7. The topological polar surface area (TPSA) is 102 Å². The summed E-state index contributed by atoms with van der Waals surface area (Å²) in [6, 6.07) is 1.64. The van der Waals surface area contributed by atoms with Crippen LogP contribution in [0.15, 0.2) is 6.07 Å². The predicted molar refractivity (Wildman–Crippen MR) is 105 cm³/mol. The van der Waals surface area contributed by atoms with E-state index in [1.807, 2.05) is 27.7 Å². The minimum absolute atomic E-state index is 0.0923. The third-order valence-corrected chi connectivity index (χ3v) is 6.39. The van der Waals surface area contributed by atoms with E-state index in [1.165, 1.54) is 14.0 Å². The lowest BCUT2D eigenvalue weighted by Gasteiger charge is -2.53. The Morgan fingerprint density at radius 3 is 2.38 bits per heavy atom. The SMILES string of the molecule is COC(=O)c1cc(C(C)C)c(OC(C)=O)c2c1[C@@]1(C)C[C@@H](O)CC(C)(C)[C@@]1(O)O2. The number of fused-ring (bicyclic) bond motifs is 3. The Kier molecular flexibility index (Phi) is 4.99. The molecule has 3 atom stereocenters. The zero-order chi connectivity index (χ0) is 21.9. The van der Waals surface area contributed by atoms with Gasteiger partial charge in [0.05, 0.1) is 24.2 Å². The van der Waals surface area contributed by atoms with Crippen molar-refractivity contribution in [3.63, 3.8) is 0 Å². The molecule has 0 saturated heterocycles. The maximum atomic E-state index is 12.7. The molecule has 0 spiro atoms. The first-order valence-electron chi connectivity index (χ1n) is 9.86. The Hall–Kier alpha value is -2.12. The van der Waals surface area contributed by atoms with Crippen molar-refractivity contribution < 1.29 is 34.0 Å². The first kappa shape index (κ1) is 21.6. The molecule has 29 heavy (non-hydrogen) atoms. The van der Waals surface area contributed by atoms with Crippen LogP contribution in [-0.2, 0) is 14.9 Å². The fraction of sp³-hybridized carbons (Fsp3) is 0.636. The summed E-state index contributed by atoms with van der Waals surface area (Å²) in [5.74, 6) is -2.55. The van der Waals surface area contributed by atoms with Gasteiger partial charge in [-0.05, 0) is 31.7 Å². The van der Waals surface area contributed by atoms with Gasteiger partial charge >= 0.3 is 11.9 Å². The van der Waals surface area contributed by atoms with Crippen LogP contribution in [0, 0.1) is 5.41 Å². The highest BCUT2D eigenvalue weighted by molar-refractivity contribution is 5.94. The summed E-state index contributed by atoms with van der Waals surface area (Å²) in [6.07, 6.45) is -0.192. The normalized spacial score (nSPS) is 29.7. The van der Waals surface area contributed by atoms with Gasteiger partial charge in [0.1, 0.15) is 0 Å². The van der Waals surface area contributed by atoms with Crippen molar-refractivity contribution in [1.82, 2.24) is 0 Å². The van der Waals surface area contributed by atoms with E-state index in [1.54, 1.807) is 13.0 Å². The lowest BCUT2D eigenvalue weighted by atomic mass is 9.56. The molecule has 160 valence electrons. The van der Waals surface area contributed by atoms with Crippen LogP contribution < -0.4 is 9.47 Å². The van der Waals surface area contributed by atoms with Crippen LogP contribution in [0.4, 0.5) is 0 Å². The molecule has 1 heterocycles. The standard InChI is InChI=1S/C22H30O7/c1-11(2)14-8-15(19(25)27-7)16-18(17(14)28-12(3)23)29-22(26)20(4,5)9-13(24)10-21(16,22)6/h8,11,13,24,26H,9-10H2,1-7H3/t13-,21+,22+/m0/s1. The third-order valence-electron chi connectivity index (χ3n) is 6.39. The molecular formula is C22H30O7. The lowest BCUT2D eigenvalue weighted by Crippen LogP contribution is -2.64. The van der Waals surface area contributed by atoms with Gasteiger partial charge in [0.25, 0.3) is 0 Å². The summed E-state index contributed by atoms with van der Waals surface area (Å²) >= 11 is 0. The number of aliphatic hydroxyl groups is 2. The van der Waals surface area contributed by atoms with Gasteiger partial charge in [-0.25, -0.2) is 4.79 Å². The molecule has 1 aromatic carbocycles. The number of hydrogen-bond acceptors (Lipinski definition) is 7. The van der Waals surface area contributed by atoms with Crippen LogP contribution in [0.2, 0.25) is 0 Å². The van der Waals surface area contributed by atoms with Gasteiger partial charge < -0.3 is 24.4 Å². The van der Waals surface area contributed by atoms with E-state index in [4.69, 9.17) is 14.2 Å². The highest BCUT2D eigenvalue weighted by Gasteiger charge is 2.69. The average molecular weight is 406 g/mol. The molecule has 0 bridgehead atoms. The van der Waals surface area contributed by atoms with Crippen molar-refractivity contribution in [3.8, 4) is 11.5 Å². The molecule has 0 aromatic heterocycles. The van der Waals surface area contributed by atoms with E-state index in [0.717, 1.165) is 0 Å². The van der Waals surface area contributed by atoms with E-state index in [0.29, 0.717) is 17.5 Å². The zero-order valence-electron chi connectivity index (χ0n) is 18.1. The van der Waals surface area contributed by atoms with Crippen LogP contribution >= 0.6 is 0 Å². The average Bonchev–Trinajstić information content (AvgIpc) is 2.83. The van der Waals surface area contributed by atoms with Gasteiger partial charge in [0.15, 0.2) is 11.5 Å². The number of hydrogen-bond donors (Lipinski definition) is 2. The molecule has 0 amide bonds. The Labute approximate surface area is 171 Å². The van der Waals surface area contributed by atoms with E-state index in [-0.39, 0.29) is 29.4 Å². The van der Waals surface area contributed by atoms with E-state index in [9.17, 15) is 19.8 Å². The number of methoxy groups -OCH3 is 1. The van der Waals surface area contributed by atoms with Gasteiger partial charge in [-0.1, -0.05) is 27.7 Å². The molecule has 3 rings (SSSR count). The smallest absolute Gasteiger partial charge is 0.338 e. The summed E-state index contributed by atoms with van der Waals surface area (Å²) in [5.41, 5.74) is -0.706. The lowest BCUT2D eigenvalue weighted by molar-refractivity contribution is -0.270. The molecule has 7 heteroatoms. The second kappa shape index (κ2) is 6.71. The van der Waals surface area contributed by atoms with Crippen molar-refractivity contribution in [2.75, 3.05) is 7.11 Å². The maximum Gasteiger partial charge on any atom is 0.338 e. The van der Waals surface area contributed by atoms with Crippen LogP contribution in [0.5, 0.6) is 11.5 Å². The van der Waals surface area contributed by atoms with Crippen molar-refractivity contribution in [2.45, 2.75) is 77.6 Å². The first-order chi connectivity index (χ1) is 13.3. The van der Waals surface area contributed by atoms with Crippen molar-refractivity contribution >= 4 is 11.9 Å². The molecule has 0 radical (unpaired) electrons. The number of carbonyl (C=O) groups is 2. The molecule has 2 aliphatic rings. The van der Waals surface area contributed by atoms with Gasteiger partial charge in [-0.3, -0.25) is 4.79 Å². The summed E-state index contributed by atoms with van der Waals surface area (Å²) in [6.45, 7) is 10.5. The highest BCUT2D eigenvalue weighted by Crippen LogP contribution is 2.64. The Balaban J connectivity index is 2.42. The first-order valence-corrected chi connectivity index (χ1v) is 9.86.